The summed E-state index contributed by atoms with van der Waals surface area (Å²) < 4.78 is 15.9. The van der Waals surface area contributed by atoms with E-state index < -0.39 is 0 Å². The molecular weight excluding hydrogens is 441 g/mol. The van der Waals surface area contributed by atoms with E-state index in [0.29, 0.717) is 28.7 Å². The number of aliphatic hydroxyl groups excluding tert-OH is 1. The number of aromatic nitrogens is 1. The van der Waals surface area contributed by atoms with Gasteiger partial charge < -0.3 is 15.4 Å². The van der Waals surface area contributed by atoms with Gasteiger partial charge in [-0.2, -0.15) is 5.10 Å². The van der Waals surface area contributed by atoms with E-state index in [0.717, 1.165) is 18.5 Å². The summed E-state index contributed by atoms with van der Waals surface area (Å²) in [7, 11) is 0. The lowest BCUT2D eigenvalue weighted by Gasteiger charge is -2.06. The van der Waals surface area contributed by atoms with Crippen LogP contribution in [-0.2, 0) is 13.1 Å². The Bertz CT molecular complexity index is 1130. The van der Waals surface area contributed by atoms with Crippen molar-refractivity contribution in [3.8, 4) is 0 Å². The number of aryl methyl sites for hydroxylation is 2. The number of nitrogens with one attached hydrogen (secondary N) is 1. The Morgan fingerprint density at radius 3 is 2.69 bits per heavy atom. The Hall–Kier alpha value is -3.87. The van der Waals surface area contributed by atoms with E-state index >= 15 is 0 Å². The van der Waals surface area contributed by atoms with E-state index in [2.05, 4.69) is 35.6 Å². The molecule has 0 saturated carbocycles. The van der Waals surface area contributed by atoms with Crippen LogP contribution in [-0.4, -0.2) is 15.9 Å². The number of hydrogen-bond donors (Lipinski definition) is 3. The number of halogens is 1. The van der Waals surface area contributed by atoms with Gasteiger partial charge in [-0.05, 0) is 49.6 Å². The Morgan fingerprint density at radius 1 is 1.31 bits per heavy atom. The van der Waals surface area contributed by atoms with E-state index in [9.17, 15) is 9.50 Å². The molecule has 1 aromatic carbocycles. The van der Waals surface area contributed by atoms with Gasteiger partial charge in [0.2, 0.25) is 0 Å². The summed E-state index contributed by atoms with van der Waals surface area (Å²) in [5.74, 6) is 0.148. The van der Waals surface area contributed by atoms with Crippen molar-refractivity contribution < 1.29 is 9.50 Å². The highest BCUT2D eigenvalue weighted by Crippen LogP contribution is 2.12. The first-order valence-electron chi connectivity index (χ1n) is 11.5. The fraction of sp³-hybridized carbons (Fsp3) is 0.286. The van der Waals surface area contributed by atoms with Crippen LogP contribution in [0.25, 0.3) is 0 Å². The van der Waals surface area contributed by atoms with Gasteiger partial charge in [0.1, 0.15) is 11.6 Å². The molecule has 0 bridgehead atoms. The van der Waals surface area contributed by atoms with Gasteiger partial charge in [-0.3, -0.25) is 10.4 Å². The summed E-state index contributed by atoms with van der Waals surface area (Å²) in [6.07, 6.45) is 13.1. The van der Waals surface area contributed by atoms with E-state index in [4.69, 9.17) is 5.73 Å². The highest BCUT2D eigenvalue weighted by molar-refractivity contribution is 5.65. The first-order valence-corrected chi connectivity index (χ1v) is 11.5. The number of nitrogens with zero attached hydrogens (tertiary/aromatic N) is 3. The Balaban J connectivity index is 0.000000367. The molecule has 188 valence electrons. The van der Waals surface area contributed by atoms with Crippen molar-refractivity contribution >= 4 is 11.9 Å². The number of hydrogen-bond acceptors (Lipinski definition) is 5. The molecule has 1 unspecified atom stereocenters. The van der Waals surface area contributed by atoms with Crippen molar-refractivity contribution in [1.82, 2.24) is 9.99 Å². The second kappa shape index (κ2) is 15.9. The zero-order valence-corrected chi connectivity index (χ0v) is 21.2. The normalized spacial score (nSPS) is 12.9. The SMILES string of the molecule is C=CNN=CC(C)C(=C)/C=C\C(O)=C/C.CCCn1ccc(=NCc2cccc(C)c2F)c(N)c1. The average Bonchev–Trinajstić information content (AvgIpc) is 2.84. The van der Waals surface area contributed by atoms with Crippen molar-refractivity contribution in [3.05, 3.63) is 108 Å². The number of nitrogen functional groups attached to an aromatic ring is 1. The lowest BCUT2D eigenvalue weighted by Crippen LogP contribution is -2.13. The summed E-state index contributed by atoms with van der Waals surface area (Å²) in [6, 6.07) is 7.22. The standard InChI is InChI=1S/C16H20FN3.C12H18N2O/c1-3-8-20-9-7-15(14(18)11-20)19-10-13-6-4-5-12(2)16(13)17;1-5-12(15)8-7-10(3)11(4)9-14-13-6-2/h4-7,9,11H,3,8,10,18H2,1-2H3;5-9,11,13,15H,2-3H2,1,4H3/b;8-7-,12-5+,14-9?. The van der Waals surface area contributed by atoms with Crippen LogP contribution in [0, 0.1) is 18.7 Å². The first-order chi connectivity index (χ1) is 16.7. The van der Waals surface area contributed by atoms with Crippen LogP contribution >= 0.6 is 0 Å². The number of rotatable bonds is 10. The fourth-order valence-corrected chi connectivity index (χ4v) is 2.84. The fourth-order valence-electron chi connectivity index (χ4n) is 2.84. The van der Waals surface area contributed by atoms with Gasteiger partial charge in [0.25, 0.3) is 0 Å². The molecule has 4 N–H and O–H groups in total. The van der Waals surface area contributed by atoms with Crippen LogP contribution in [0.1, 0.15) is 38.3 Å². The molecule has 0 aliphatic heterocycles. The number of aliphatic hydroxyl groups is 1. The monoisotopic (exact) mass is 479 g/mol. The Labute approximate surface area is 208 Å². The smallest absolute Gasteiger partial charge is 0.131 e. The minimum Gasteiger partial charge on any atom is -0.508 e. The molecule has 0 spiro atoms. The highest BCUT2D eigenvalue weighted by atomic mass is 19.1. The quantitative estimate of drug-likeness (QED) is 0.170. The van der Waals surface area contributed by atoms with Crippen molar-refractivity contribution in [3.63, 3.8) is 0 Å². The molecule has 1 aromatic heterocycles. The number of nitrogens with two attached hydrogens (primary N) is 1. The van der Waals surface area contributed by atoms with Gasteiger partial charge in [-0.25, -0.2) is 4.39 Å². The van der Waals surface area contributed by atoms with Gasteiger partial charge in [0.05, 0.1) is 17.6 Å². The van der Waals surface area contributed by atoms with Crippen LogP contribution in [0.2, 0.25) is 0 Å². The second-order valence-electron chi connectivity index (χ2n) is 7.91. The maximum atomic E-state index is 13.9. The molecule has 0 aliphatic carbocycles. The van der Waals surface area contributed by atoms with Gasteiger partial charge in [-0.1, -0.05) is 51.3 Å². The predicted octanol–water partition coefficient (Wildman–Crippen LogP) is 5.94. The average molecular weight is 480 g/mol. The molecule has 2 rings (SSSR count). The zero-order valence-electron chi connectivity index (χ0n) is 21.2. The second-order valence-corrected chi connectivity index (χ2v) is 7.91. The van der Waals surface area contributed by atoms with Crippen molar-refractivity contribution in [2.24, 2.45) is 16.0 Å². The third-order valence-electron chi connectivity index (χ3n) is 5.01. The molecule has 1 heterocycles. The van der Waals surface area contributed by atoms with E-state index in [1.165, 1.54) is 6.20 Å². The zero-order chi connectivity index (χ0) is 26.2. The minimum absolute atomic E-state index is 0.110. The molecule has 0 fully saturated rings. The van der Waals surface area contributed by atoms with Crippen LogP contribution < -0.4 is 16.5 Å². The molecule has 35 heavy (non-hydrogen) atoms. The van der Waals surface area contributed by atoms with Gasteiger partial charge in [0.15, 0.2) is 0 Å². The van der Waals surface area contributed by atoms with E-state index in [1.54, 1.807) is 50.4 Å². The summed E-state index contributed by atoms with van der Waals surface area (Å²) in [5, 5.41) is 13.8. The first kappa shape index (κ1) is 29.2. The summed E-state index contributed by atoms with van der Waals surface area (Å²) in [4.78, 5) is 4.40. The highest BCUT2D eigenvalue weighted by Gasteiger charge is 2.03. The van der Waals surface area contributed by atoms with Crippen molar-refractivity contribution in [2.75, 3.05) is 5.73 Å². The molecule has 0 radical (unpaired) electrons. The minimum atomic E-state index is -0.188. The number of hydrazone groups is 1. The predicted molar refractivity (Wildman–Crippen MR) is 145 cm³/mol. The summed E-state index contributed by atoms with van der Waals surface area (Å²) in [5.41, 5.74) is 11.3. The Kier molecular flexibility index (Phi) is 13.2. The molecular formula is C28H38FN5O. The van der Waals surface area contributed by atoms with Gasteiger partial charge >= 0.3 is 0 Å². The van der Waals surface area contributed by atoms with Crippen LogP contribution in [0.4, 0.5) is 10.1 Å². The van der Waals surface area contributed by atoms with Gasteiger partial charge in [-0.15, -0.1) is 0 Å². The summed E-state index contributed by atoms with van der Waals surface area (Å²) >= 11 is 0. The molecule has 0 saturated heterocycles. The largest absolute Gasteiger partial charge is 0.508 e. The van der Waals surface area contributed by atoms with Crippen molar-refractivity contribution in [1.29, 1.82) is 0 Å². The molecule has 0 amide bonds. The van der Waals surface area contributed by atoms with Crippen molar-refractivity contribution in [2.45, 2.75) is 47.2 Å². The number of allylic oxidation sites excluding steroid dienone is 4. The summed E-state index contributed by atoms with van der Waals surface area (Å²) in [6.45, 7) is 16.2. The molecule has 7 heteroatoms. The lowest BCUT2D eigenvalue weighted by molar-refractivity contribution is 0.431. The van der Waals surface area contributed by atoms with Crippen LogP contribution in [0.3, 0.4) is 0 Å². The van der Waals surface area contributed by atoms with E-state index in [1.807, 2.05) is 36.0 Å². The molecule has 1 atom stereocenters. The number of pyridine rings is 1. The number of benzene rings is 1. The maximum Gasteiger partial charge on any atom is 0.131 e. The third-order valence-corrected chi connectivity index (χ3v) is 5.01. The van der Waals surface area contributed by atoms with Crippen LogP contribution in [0.5, 0.6) is 0 Å². The molecule has 2 aromatic rings. The lowest BCUT2D eigenvalue weighted by atomic mass is 10.0. The maximum absolute atomic E-state index is 13.9. The number of anilines is 1. The van der Waals surface area contributed by atoms with Crippen LogP contribution in [0.15, 0.2) is 95.7 Å². The van der Waals surface area contributed by atoms with Gasteiger partial charge in [0, 0.05) is 42.8 Å². The third kappa shape index (κ3) is 10.7. The molecule has 6 nitrogen and oxygen atoms in total. The topological polar surface area (TPSA) is 87.9 Å². The van der Waals surface area contributed by atoms with E-state index in [-0.39, 0.29) is 17.5 Å². The molecule has 0 aliphatic rings. The Morgan fingerprint density at radius 2 is 2.06 bits per heavy atom.